The molecule has 0 aromatic carbocycles. The Morgan fingerprint density at radius 2 is 1.55 bits per heavy atom. The van der Waals surface area contributed by atoms with Crippen LogP contribution in [0.4, 0.5) is 0 Å². The van der Waals surface area contributed by atoms with Gasteiger partial charge < -0.3 is 37.2 Å². The Balaban J connectivity index is -0.000000963. The maximum atomic E-state index is 2.61. The second-order valence-corrected chi connectivity index (χ2v) is 9.15. The van der Waals surface area contributed by atoms with Gasteiger partial charge in [0.2, 0.25) is 0 Å². The van der Waals surface area contributed by atoms with Gasteiger partial charge in [0, 0.05) is 0 Å². The van der Waals surface area contributed by atoms with Crippen molar-refractivity contribution in [2.75, 3.05) is 13.1 Å². The van der Waals surface area contributed by atoms with Gasteiger partial charge in [-0.15, -0.1) is 0 Å². The molecule has 1 aliphatic carbocycles. The molecule has 0 aromatic rings. The third kappa shape index (κ3) is 6.03. The van der Waals surface area contributed by atoms with Crippen LogP contribution in [-0.2, 0) is 19.2 Å². The van der Waals surface area contributed by atoms with Crippen LogP contribution in [0.15, 0.2) is 22.1 Å². The summed E-state index contributed by atoms with van der Waals surface area (Å²) in [6.45, 7) is 16.6. The van der Waals surface area contributed by atoms with Gasteiger partial charge in [-0.2, -0.15) is 0 Å². The molecule has 0 aromatic heterocycles. The summed E-state index contributed by atoms with van der Waals surface area (Å²) in [5.41, 5.74) is 0.292. The average Bonchev–Trinajstić information content (AvgIpc) is 2.70. The van der Waals surface area contributed by atoms with E-state index in [1.165, 1.54) is 6.42 Å². The number of halogens is 3. The Kier molecular flexibility index (Phi) is 13.9. The molecule has 20 heavy (non-hydrogen) atoms. The van der Waals surface area contributed by atoms with Crippen LogP contribution < -0.4 is 37.2 Å². The first-order valence-corrected chi connectivity index (χ1v) is 8.30. The predicted octanol–water partition coefficient (Wildman–Crippen LogP) is -4.76. The first-order valence-electron chi connectivity index (χ1n) is 6.74. The van der Waals surface area contributed by atoms with E-state index < -0.39 is 0 Å². The van der Waals surface area contributed by atoms with E-state index in [9.17, 15) is 0 Å². The van der Waals surface area contributed by atoms with E-state index in [4.69, 9.17) is 0 Å². The molecule has 0 aliphatic heterocycles. The molecule has 1 nitrogen and oxygen atoms in total. The maximum Gasteiger partial charge on any atom is -1.00 e. The zero-order valence-corrected chi connectivity index (χ0v) is 17.3. The van der Waals surface area contributed by atoms with Crippen molar-refractivity contribution >= 4 is 0 Å². The van der Waals surface area contributed by atoms with E-state index in [0.717, 1.165) is 13.1 Å². The van der Waals surface area contributed by atoms with Crippen molar-refractivity contribution in [1.82, 2.24) is 4.90 Å². The van der Waals surface area contributed by atoms with Gasteiger partial charge in [0.1, 0.15) is 0 Å². The van der Waals surface area contributed by atoms with E-state index in [2.05, 4.69) is 64.7 Å². The van der Waals surface area contributed by atoms with Gasteiger partial charge in [0.25, 0.3) is 0 Å². The third-order valence-electron chi connectivity index (χ3n) is 4.33. The van der Waals surface area contributed by atoms with Crippen LogP contribution in [0.5, 0.6) is 0 Å². The number of rotatable bonds is 6. The summed E-state index contributed by atoms with van der Waals surface area (Å²) < 4.78 is 2.13. The van der Waals surface area contributed by atoms with Crippen LogP contribution in [0.1, 0.15) is 48.0 Å². The summed E-state index contributed by atoms with van der Waals surface area (Å²) >= 11 is -0.0539. The fraction of sp³-hybridized carbons (Fsp3) is 0.733. The molecule has 1 aliphatic rings. The summed E-state index contributed by atoms with van der Waals surface area (Å²) in [6, 6.07) is 0. The molecule has 0 atom stereocenters. The molecule has 0 heterocycles. The molecular formula is C15H27Cl3NTi. The monoisotopic (exact) mass is 374 g/mol. The Bertz CT molecular complexity index is 321. The van der Waals surface area contributed by atoms with Gasteiger partial charge in [-0.05, 0) is 0 Å². The number of allylic oxidation sites excluding steroid dienone is 4. The van der Waals surface area contributed by atoms with Crippen molar-refractivity contribution in [1.29, 1.82) is 0 Å². The summed E-state index contributed by atoms with van der Waals surface area (Å²) in [5, 5.41) is 0. The van der Waals surface area contributed by atoms with Gasteiger partial charge in [0.05, 0.1) is 0 Å². The molecule has 0 unspecified atom stereocenters. The Labute approximate surface area is 153 Å². The van der Waals surface area contributed by atoms with Crippen molar-refractivity contribution in [3.63, 3.8) is 0 Å². The fourth-order valence-electron chi connectivity index (χ4n) is 2.50. The average molecular weight is 376 g/mol. The molecule has 0 amide bonds. The molecule has 5 heteroatoms. The largest absolute Gasteiger partial charge is 1.00 e. The van der Waals surface area contributed by atoms with Crippen molar-refractivity contribution in [3.8, 4) is 0 Å². The fourth-order valence-corrected chi connectivity index (χ4v) is 5.11. The molecular weight excluding hydrogens is 348 g/mol. The molecule has 0 bridgehead atoms. The summed E-state index contributed by atoms with van der Waals surface area (Å²) in [6.07, 6.45) is 8.07. The summed E-state index contributed by atoms with van der Waals surface area (Å²) in [5.74, 6) is 0. The maximum absolute atomic E-state index is 2.61. The summed E-state index contributed by atoms with van der Waals surface area (Å²) in [7, 11) is 0. The van der Waals surface area contributed by atoms with Gasteiger partial charge in [0.15, 0.2) is 0 Å². The second-order valence-electron chi connectivity index (χ2n) is 5.81. The topological polar surface area (TPSA) is 3.24 Å². The van der Waals surface area contributed by atoms with Crippen LogP contribution in [0.2, 0.25) is 3.72 Å². The molecule has 0 saturated heterocycles. The zero-order chi connectivity index (χ0) is 13.1. The Morgan fingerprint density at radius 1 is 1.05 bits per heavy atom. The van der Waals surface area contributed by atoms with Crippen LogP contribution in [0.25, 0.3) is 0 Å². The third-order valence-corrected chi connectivity index (χ3v) is 7.34. The minimum Gasteiger partial charge on any atom is -1.00 e. The van der Waals surface area contributed by atoms with Crippen LogP contribution >= 0.6 is 0 Å². The normalized spacial score (nSPS) is 13.8. The first-order chi connectivity index (χ1) is 7.85. The van der Waals surface area contributed by atoms with E-state index in [1.807, 2.05) is 0 Å². The molecule has 0 radical (unpaired) electrons. The quantitative estimate of drug-likeness (QED) is 0.422. The molecule has 1 rings (SSSR count). The molecule has 0 saturated carbocycles. The van der Waals surface area contributed by atoms with E-state index >= 15 is 0 Å². The van der Waals surface area contributed by atoms with Gasteiger partial charge in [-0.3, -0.25) is 0 Å². The van der Waals surface area contributed by atoms with Crippen LogP contribution in [0.3, 0.4) is 0 Å². The summed E-state index contributed by atoms with van der Waals surface area (Å²) in [4.78, 5) is 2.61. The minimum atomic E-state index is -0.0539. The van der Waals surface area contributed by atoms with Crippen molar-refractivity contribution in [3.05, 3.63) is 22.1 Å². The van der Waals surface area contributed by atoms with Crippen LogP contribution in [0, 0.1) is 0 Å². The Hall–Kier alpha value is 1.02. The number of hydrogen-bond acceptors (Lipinski definition) is 1. The number of hydrogen-bond donors (Lipinski definition) is 0. The molecule has 0 spiro atoms. The first kappa shape index (κ1) is 25.9. The van der Waals surface area contributed by atoms with Crippen molar-refractivity contribution in [2.24, 2.45) is 0 Å². The Morgan fingerprint density at radius 3 is 1.90 bits per heavy atom. The van der Waals surface area contributed by atoms with Crippen molar-refractivity contribution < 1.29 is 56.4 Å². The number of nitrogens with zero attached hydrogens (tertiary/aromatic N) is 1. The molecule has 117 valence electrons. The minimum absolute atomic E-state index is 0. The second kappa shape index (κ2) is 10.7. The van der Waals surface area contributed by atoms with Crippen molar-refractivity contribution in [2.45, 2.75) is 57.2 Å². The van der Waals surface area contributed by atoms with E-state index in [1.54, 1.807) is 3.88 Å². The van der Waals surface area contributed by atoms with Gasteiger partial charge in [-0.1, -0.05) is 0 Å². The van der Waals surface area contributed by atoms with E-state index in [-0.39, 0.29) is 56.4 Å². The molecule has 0 N–H and O–H groups in total. The SMILES string of the molecule is CCN(CC)C(C)(C)[C](C)(C)[Ti+3][C]1=CC=CC1.[Cl-].[Cl-].[Cl-]. The van der Waals surface area contributed by atoms with E-state index in [0.29, 0.717) is 9.26 Å². The van der Waals surface area contributed by atoms with Crippen LogP contribution in [-0.4, -0.2) is 23.5 Å². The van der Waals surface area contributed by atoms with Gasteiger partial charge >= 0.3 is 116 Å². The molecule has 0 fully saturated rings. The zero-order valence-electron chi connectivity index (χ0n) is 13.4. The predicted molar refractivity (Wildman–Crippen MR) is 72.9 cm³/mol. The van der Waals surface area contributed by atoms with Gasteiger partial charge in [-0.25, -0.2) is 0 Å². The standard InChI is InChI=1S/C10H22N.C5H5.3ClH.Ti/c1-7-11(8-2)10(5,6)9(3)4;1-2-4-5-3-1;;;;/h7-8H2,1-6H3;1-3H,4H2;3*1H;/q;;;;;+3/p-3. The smallest absolute Gasteiger partial charge is 1.00 e.